The summed E-state index contributed by atoms with van der Waals surface area (Å²) in [5.74, 6) is 1.71. The normalized spacial score (nSPS) is 14.0. The van der Waals surface area contributed by atoms with Crippen LogP contribution in [-0.4, -0.2) is 24.3 Å². The van der Waals surface area contributed by atoms with E-state index in [0.717, 1.165) is 30.9 Å². The van der Waals surface area contributed by atoms with E-state index in [1.54, 1.807) is 0 Å². The monoisotopic (exact) mass is 260 g/mol. The average molecular weight is 260 g/mol. The third-order valence-corrected chi connectivity index (χ3v) is 3.51. The number of hydrogen-bond donors (Lipinski definition) is 1. The molecule has 0 unspecified atom stereocenters. The summed E-state index contributed by atoms with van der Waals surface area (Å²) in [4.78, 5) is 0. The summed E-state index contributed by atoms with van der Waals surface area (Å²) in [7, 11) is 0. The molecular weight excluding hydrogens is 240 g/mol. The molecule has 3 rings (SSSR count). The van der Waals surface area contributed by atoms with Gasteiger partial charge >= 0.3 is 0 Å². The minimum atomic E-state index is 0.625. The van der Waals surface area contributed by atoms with Crippen LogP contribution >= 0.6 is 0 Å². The molecule has 0 spiro atoms. The van der Waals surface area contributed by atoms with Crippen LogP contribution in [0.5, 0.6) is 11.5 Å². The molecule has 4 nitrogen and oxygen atoms in total. The number of benzene rings is 1. The lowest BCUT2D eigenvalue weighted by Crippen LogP contribution is -2.15. The van der Waals surface area contributed by atoms with Crippen molar-refractivity contribution >= 4 is 10.9 Å². The maximum Gasteiger partial charge on any atom is 0.163 e. The molecule has 1 aromatic carbocycles. The molecule has 2 N–H and O–H groups in total. The van der Waals surface area contributed by atoms with Gasteiger partial charge in [-0.05, 0) is 31.0 Å². The molecular formula is C15H20N2O2. The van der Waals surface area contributed by atoms with E-state index in [2.05, 4.69) is 29.8 Å². The quantitative estimate of drug-likeness (QED) is 0.917. The number of nitrogens with zero attached hydrogens (tertiary/aromatic N) is 1. The van der Waals surface area contributed by atoms with Crippen molar-refractivity contribution in [1.82, 2.24) is 4.57 Å². The van der Waals surface area contributed by atoms with Gasteiger partial charge in [-0.2, -0.15) is 0 Å². The van der Waals surface area contributed by atoms with Crippen molar-refractivity contribution in [2.45, 2.75) is 26.3 Å². The number of rotatable bonds is 4. The zero-order valence-corrected chi connectivity index (χ0v) is 11.3. The molecule has 0 amide bonds. The van der Waals surface area contributed by atoms with Gasteiger partial charge in [0.2, 0.25) is 0 Å². The zero-order chi connectivity index (χ0) is 13.2. The maximum atomic E-state index is 5.71. The average Bonchev–Trinajstić information content (AvgIpc) is 2.75. The van der Waals surface area contributed by atoms with Crippen molar-refractivity contribution in [1.29, 1.82) is 0 Å². The van der Waals surface area contributed by atoms with Crippen molar-refractivity contribution < 1.29 is 9.47 Å². The number of fused-ring (bicyclic) bond motifs is 2. The van der Waals surface area contributed by atoms with E-state index in [0.29, 0.717) is 19.8 Å². The third kappa shape index (κ3) is 2.16. The smallest absolute Gasteiger partial charge is 0.163 e. The molecule has 0 fully saturated rings. The van der Waals surface area contributed by atoms with Crippen molar-refractivity contribution in [2.24, 2.45) is 5.73 Å². The van der Waals surface area contributed by atoms with Crippen molar-refractivity contribution in [2.75, 3.05) is 19.8 Å². The second-order valence-corrected chi connectivity index (χ2v) is 4.90. The van der Waals surface area contributed by atoms with Crippen LogP contribution in [0.1, 0.15) is 18.9 Å². The molecule has 1 aliphatic heterocycles. The number of hydrogen-bond acceptors (Lipinski definition) is 3. The number of ether oxygens (including phenoxy) is 2. The molecule has 0 aliphatic carbocycles. The largest absolute Gasteiger partial charge is 0.486 e. The molecule has 0 atom stereocenters. The molecule has 19 heavy (non-hydrogen) atoms. The summed E-state index contributed by atoms with van der Waals surface area (Å²) in [5.41, 5.74) is 8.22. The Balaban J connectivity index is 2.16. The predicted octanol–water partition coefficient (Wildman–Crippen LogP) is 2.32. The summed E-state index contributed by atoms with van der Waals surface area (Å²) >= 11 is 0. The SMILES string of the molecule is CCCn1cc(CCN)c2cc3c(cc21)OCCO3. The van der Waals surface area contributed by atoms with E-state index in [4.69, 9.17) is 15.2 Å². The third-order valence-electron chi connectivity index (χ3n) is 3.51. The van der Waals surface area contributed by atoms with Gasteiger partial charge in [0.1, 0.15) is 13.2 Å². The summed E-state index contributed by atoms with van der Waals surface area (Å²) in [6.07, 6.45) is 4.22. The first kappa shape index (κ1) is 12.4. The highest BCUT2D eigenvalue weighted by molar-refractivity contribution is 5.87. The minimum Gasteiger partial charge on any atom is -0.486 e. The Morgan fingerprint density at radius 1 is 1.21 bits per heavy atom. The molecule has 0 bridgehead atoms. The van der Waals surface area contributed by atoms with Gasteiger partial charge in [0, 0.05) is 24.2 Å². The second-order valence-electron chi connectivity index (χ2n) is 4.90. The fourth-order valence-electron chi connectivity index (χ4n) is 2.68. The Bertz CT molecular complexity index is 539. The van der Waals surface area contributed by atoms with Crippen LogP contribution < -0.4 is 15.2 Å². The molecule has 0 radical (unpaired) electrons. The lowest BCUT2D eigenvalue weighted by molar-refractivity contribution is 0.172. The first-order valence-corrected chi connectivity index (χ1v) is 6.95. The van der Waals surface area contributed by atoms with Crippen LogP contribution in [-0.2, 0) is 13.0 Å². The first-order chi connectivity index (χ1) is 9.33. The van der Waals surface area contributed by atoms with Crippen LogP contribution in [0.2, 0.25) is 0 Å². The Morgan fingerprint density at radius 2 is 1.95 bits per heavy atom. The van der Waals surface area contributed by atoms with Gasteiger partial charge in [-0.15, -0.1) is 0 Å². The molecule has 102 valence electrons. The maximum absolute atomic E-state index is 5.71. The fraction of sp³-hybridized carbons (Fsp3) is 0.467. The second kappa shape index (κ2) is 5.13. The van der Waals surface area contributed by atoms with Crippen LogP contribution in [0, 0.1) is 0 Å². The van der Waals surface area contributed by atoms with E-state index >= 15 is 0 Å². The standard InChI is InChI=1S/C15H20N2O2/c1-2-5-17-10-11(3-4-16)12-8-14-15(9-13(12)17)19-7-6-18-14/h8-10H,2-7,16H2,1H3. The number of aryl methyl sites for hydroxylation is 1. The Labute approximate surface area is 113 Å². The molecule has 0 saturated heterocycles. The highest BCUT2D eigenvalue weighted by Crippen LogP contribution is 2.36. The Hall–Kier alpha value is -1.68. The highest BCUT2D eigenvalue weighted by Gasteiger charge is 2.16. The van der Waals surface area contributed by atoms with Gasteiger partial charge in [0.15, 0.2) is 11.5 Å². The van der Waals surface area contributed by atoms with Crippen molar-refractivity contribution in [3.63, 3.8) is 0 Å². The van der Waals surface area contributed by atoms with Gasteiger partial charge in [-0.1, -0.05) is 6.92 Å². The minimum absolute atomic E-state index is 0.625. The van der Waals surface area contributed by atoms with Gasteiger partial charge in [0.25, 0.3) is 0 Å². The van der Waals surface area contributed by atoms with E-state index in [-0.39, 0.29) is 0 Å². The van der Waals surface area contributed by atoms with E-state index in [9.17, 15) is 0 Å². The van der Waals surface area contributed by atoms with Crippen molar-refractivity contribution in [3.8, 4) is 11.5 Å². The summed E-state index contributed by atoms with van der Waals surface area (Å²) < 4.78 is 13.6. The molecule has 1 aliphatic rings. The first-order valence-electron chi connectivity index (χ1n) is 6.95. The molecule has 1 aromatic heterocycles. The van der Waals surface area contributed by atoms with Crippen LogP contribution in [0.4, 0.5) is 0 Å². The predicted molar refractivity (Wildman–Crippen MR) is 76.0 cm³/mol. The van der Waals surface area contributed by atoms with Crippen LogP contribution in [0.15, 0.2) is 18.3 Å². The van der Waals surface area contributed by atoms with E-state index < -0.39 is 0 Å². The number of nitrogens with two attached hydrogens (primary N) is 1. The van der Waals surface area contributed by atoms with Gasteiger partial charge < -0.3 is 19.8 Å². The Kier molecular flexibility index (Phi) is 3.34. The summed E-state index contributed by atoms with van der Waals surface area (Å²) in [6.45, 7) is 5.12. The van der Waals surface area contributed by atoms with Gasteiger partial charge in [0.05, 0.1) is 5.52 Å². The summed E-state index contributed by atoms with van der Waals surface area (Å²) in [6, 6.07) is 4.19. The summed E-state index contributed by atoms with van der Waals surface area (Å²) in [5, 5.41) is 1.24. The Morgan fingerprint density at radius 3 is 2.63 bits per heavy atom. The topological polar surface area (TPSA) is 49.4 Å². The van der Waals surface area contributed by atoms with E-state index in [1.807, 2.05) is 0 Å². The van der Waals surface area contributed by atoms with Gasteiger partial charge in [-0.25, -0.2) is 0 Å². The fourth-order valence-corrected chi connectivity index (χ4v) is 2.68. The van der Waals surface area contributed by atoms with Crippen molar-refractivity contribution in [3.05, 3.63) is 23.9 Å². The molecule has 4 heteroatoms. The molecule has 0 saturated carbocycles. The van der Waals surface area contributed by atoms with E-state index in [1.165, 1.54) is 16.5 Å². The zero-order valence-electron chi connectivity index (χ0n) is 11.3. The lowest BCUT2D eigenvalue weighted by atomic mass is 10.1. The van der Waals surface area contributed by atoms with Gasteiger partial charge in [-0.3, -0.25) is 0 Å². The van der Waals surface area contributed by atoms with Crippen LogP contribution in [0.3, 0.4) is 0 Å². The molecule has 2 heterocycles. The molecule has 2 aromatic rings. The number of aromatic nitrogens is 1. The lowest BCUT2D eigenvalue weighted by Gasteiger charge is -2.18. The van der Waals surface area contributed by atoms with Crippen LogP contribution in [0.25, 0.3) is 10.9 Å². The highest BCUT2D eigenvalue weighted by atomic mass is 16.6.